The molecule has 0 spiro atoms. The van der Waals surface area contributed by atoms with Gasteiger partial charge in [-0.05, 0) is 13.3 Å². The van der Waals surface area contributed by atoms with Crippen molar-refractivity contribution in [2.75, 3.05) is 20.3 Å². The highest BCUT2D eigenvalue weighted by molar-refractivity contribution is 4.26. The summed E-state index contributed by atoms with van der Waals surface area (Å²) in [4.78, 5) is 9.88. The third kappa shape index (κ3) is 4.39. The van der Waals surface area contributed by atoms with E-state index >= 15 is 0 Å². The Labute approximate surface area is 56.5 Å². The van der Waals surface area contributed by atoms with Crippen molar-refractivity contribution < 1.29 is 9.68 Å². The lowest BCUT2D eigenvalue weighted by molar-refractivity contribution is -0.353. The lowest BCUT2D eigenvalue weighted by Crippen LogP contribution is -2.23. The third-order valence-electron chi connectivity index (χ3n) is 0.883. The standard InChI is InChI=1S/C6H15NO2/c1-4-6-7(8-3)9-5-2/h4-6H2,1-3H3. The molecular formula is C6H15NO2. The molecule has 0 heterocycles. The smallest absolute Gasteiger partial charge is 0.0683 e. The highest BCUT2D eigenvalue weighted by Crippen LogP contribution is 1.91. The fourth-order valence-corrected chi connectivity index (χ4v) is 0.535. The van der Waals surface area contributed by atoms with E-state index in [0.29, 0.717) is 6.61 Å². The Morgan fingerprint density at radius 2 is 2.00 bits per heavy atom. The van der Waals surface area contributed by atoms with Crippen LogP contribution in [0.3, 0.4) is 0 Å². The minimum atomic E-state index is 0.661. The molecule has 0 atom stereocenters. The SMILES string of the molecule is CCCN(OC)OCC. The van der Waals surface area contributed by atoms with Gasteiger partial charge in [0.15, 0.2) is 0 Å². The number of nitrogens with zero attached hydrogens (tertiary/aromatic N) is 1. The Hall–Kier alpha value is -0.120. The predicted octanol–water partition coefficient (Wildman–Crippen LogP) is 1.21. The zero-order chi connectivity index (χ0) is 7.11. The molecule has 0 aliphatic heterocycles. The minimum absolute atomic E-state index is 0.661. The van der Waals surface area contributed by atoms with E-state index in [1.807, 2.05) is 6.92 Å². The molecule has 0 radical (unpaired) electrons. The van der Waals surface area contributed by atoms with Crippen molar-refractivity contribution >= 4 is 0 Å². The monoisotopic (exact) mass is 133 g/mol. The molecule has 56 valence electrons. The topological polar surface area (TPSA) is 21.7 Å². The van der Waals surface area contributed by atoms with Gasteiger partial charge in [0.1, 0.15) is 0 Å². The summed E-state index contributed by atoms with van der Waals surface area (Å²) in [6.45, 7) is 5.49. The summed E-state index contributed by atoms with van der Waals surface area (Å²) in [6.07, 6.45) is 1.04. The van der Waals surface area contributed by atoms with Crippen molar-refractivity contribution in [2.45, 2.75) is 20.3 Å². The van der Waals surface area contributed by atoms with E-state index in [9.17, 15) is 0 Å². The van der Waals surface area contributed by atoms with Crippen LogP contribution in [0.2, 0.25) is 0 Å². The van der Waals surface area contributed by atoms with Crippen LogP contribution < -0.4 is 0 Å². The zero-order valence-corrected chi connectivity index (χ0v) is 6.39. The van der Waals surface area contributed by atoms with Crippen LogP contribution in [0.1, 0.15) is 20.3 Å². The first-order chi connectivity index (χ1) is 4.35. The average Bonchev–Trinajstić information content (AvgIpc) is 1.88. The summed E-state index contributed by atoms with van der Waals surface area (Å²) >= 11 is 0. The average molecular weight is 133 g/mol. The van der Waals surface area contributed by atoms with Crippen LogP contribution in [0.5, 0.6) is 0 Å². The predicted molar refractivity (Wildman–Crippen MR) is 35.6 cm³/mol. The van der Waals surface area contributed by atoms with E-state index < -0.39 is 0 Å². The van der Waals surface area contributed by atoms with Crippen molar-refractivity contribution in [3.05, 3.63) is 0 Å². The van der Waals surface area contributed by atoms with Gasteiger partial charge < -0.3 is 0 Å². The van der Waals surface area contributed by atoms with Crippen LogP contribution in [-0.2, 0) is 9.68 Å². The second-order valence-corrected chi connectivity index (χ2v) is 1.66. The normalized spacial score (nSPS) is 10.7. The van der Waals surface area contributed by atoms with Gasteiger partial charge in [0.2, 0.25) is 0 Å². The van der Waals surface area contributed by atoms with Crippen molar-refractivity contribution in [3.63, 3.8) is 0 Å². The molecular weight excluding hydrogens is 118 g/mol. The summed E-state index contributed by atoms with van der Waals surface area (Å²) in [5, 5.41) is 1.49. The number of hydrogen-bond acceptors (Lipinski definition) is 3. The largest absolute Gasteiger partial charge is 0.278 e. The van der Waals surface area contributed by atoms with Gasteiger partial charge >= 0.3 is 0 Å². The van der Waals surface area contributed by atoms with E-state index in [2.05, 4.69) is 6.92 Å². The minimum Gasteiger partial charge on any atom is -0.278 e. The first kappa shape index (κ1) is 8.88. The van der Waals surface area contributed by atoms with E-state index in [4.69, 9.17) is 9.68 Å². The second kappa shape index (κ2) is 6.01. The molecule has 0 aromatic carbocycles. The number of rotatable bonds is 5. The third-order valence-corrected chi connectivity index (χ3v) is 0.883. The molecule has 0 aliphatic carbocycles. The Morgan fingerprint density at radius 3 is 2.33 bits per heavy atom. The molecule has 0 rings (SSSR count). The van der Waals surface area contributed by atoms with Crippen molar-refractivity contribution in [1.82, 2.24) is 5.23 Å². The van der Waals surface area contributed by atoms with Crippen LogP contribution in [0, 0.1) is 0 Å². The van der Waals surface area contributed by atoms with E-state index in [-0.39, 0.29) is 0 Å². The van der Waals surface area contributed by atoms with Gasteiger partial charge in [-0.2, -0.15) is 0 Å². The molecule has 0 aliphatic rings. The molecule has 0 amide bonds. The van der Waals surface area contributed by atoms with Crippen LogP contribution >= 0.6 is 0 Å². The van der Waals surface area contributed by atoms with Gasteiger partial charge in [-0.15, -0.1) is 0 Å². The first-order valence-corrected chi connectivity index (χ1v) is 3.29. The van der Waals surface area contributed by atoms with Crippen LogP contribution in [0.4, 0.5) is 0 Å². The van der Waals surface area contributed by atoms with Gasteiger partial charge in [-0.3, -0.25) is 9.68 Å². The summed E-state index contributed by atoms with van der Waals surface area (Å²) < 4.78 is 0. The maximum absolute atomic E-state index is 5.04. The number of hydrogen-bond donors (Lipinski definition) is 0. The molecule has 0 saturated carbocycles. The van der Waals surface area contributed by atoms with Gasteiger partial charge in [0.05, 0.1) is 20.3 Å². The van der Waals surface area contributed by atoms with Gasteiger partial charge in [0.25, 0.3) is 0 Å². The molecule has 0 aromatic heterocycles. The summed E-state index contributed by atoms with van der Waals surface area (Å²) in [5.41, 5.74) is 0. The number of hydroxylamine groups is 2. The molecule has 0 N–H and O–H groups in total. The van der Waals surface area contributed by atoms with Gasteiger partial charge in [0, 0.05) is 0 Å². The molecule has 3 nitrogen and oxygen atoms in total. The Kier molecular flexibility index (Phi) is 5.93. The van der Waals surface area contributed by atoms with Crippen molar-refractivity contribution in [3.8, 4) is 0 Å². The van der Waals surface area contributed by atoms with Crippen molar-refractivity contribution in [1.29, 1.82) is 0 Å². The fourth-order valence-electron chi connectivity index (χ4n) is 0.535. The first-order valence-electron chi connectivity index (χ1n) is 3.29. The second-order valence-electron chi connectivity index (χ2n) is 1.66. The quantitative estimate of drug-likeness (QED) is 0.526. The maximum Gasteiger partial charge on any atom is 0.0683 e. The Morgan fingerprint density at radius 1 is 1.33 bits per heavy atom. The highest BCUT2D eigenvalue weighted by atomic mass is 16.9. The van der Waals surface area contributed by atoms with E-state index in [1.54, 1.807) is 7.11 Å². The molecule has 0 aromatic rings. The molecule has 9 heavy (non-hydrogen) atoms. The Bertz CT molecular complexity index is 53.0. The lowest BCUT2D eigenvalue weighted by Gasteiger charge is -2.16. The summed E-state index contributed by atoms with van der Waals surface area (Å²) in [7, 11) is 1.60. The molecule has 3 heteroatoms. The molecule has 0 unspecified atom stereocenters. The van der Waals surface area contributed by atoms with Crippen LogP contribution in [-0.4, -0.2) is 25.5 Å². The fraction of sp³-hybridized carbons (Fsp3) is 1.00. The summed E-state index contributed by atoms with van der Waals surface area (Å²) in [5.74, 6) is 0. The lowest BCUT2D eigenvalue weighted by atomic mass is 10.5. The zero-order valence-electron chi connectivity index (χ0n) is 6.39. The maximum atomic E-state index is 5.04. The summed E-state index contributed by atoms with van der Waals surface area (Å²) in [6, 6.07) is 0. The van der Waals surface area contributed by atoms with Gasteiger partial charge in [-0.25, -0.2) is 0 Å². The molecule has 0 saturated heterocycles. The molecule has 0 fully saturated rings. The Balaban J connectivity index is 3.18. The van der Waals surface area contributed by atoms with Crippen LogP contribution in [0.25, 0.3) is 0 Å². The van der Waals surface area contributed by atoms with Crippen molar-refractivity contribution in [2.24, 2.45) is 0 Å². The highest BCUT2D eigenvalue weighted by Gasteiger charge is 1.97. The van der Waals surface area contributed by atoms with E-state index in [1.165, 1.54) is 5.23 Å². The van der Waals surface area contributed by atoms with Gasteiger partial charge in [-0.1, -0.05) is 12.2 Å². The van der Waals surface area contributed by atoms with Crippen LogP contribution in [0.15, 0.2) is 0 Å². The molecule has 0 bridgehead atoms. The van der Waals surface area contributed by atoms with E-state index in [0.717, 1.165) is 13.0 Å².